The average molecular weight is 768 g/mol. The Morgan fingerprint density at radius 2 is 0.833 bits per heavy atom. The minimum Gasteiger partial charge on any atom is -0.455 e. The van der Waals surface area contributed by atoms with Gasteiger partial charge in [0, 0.05) is 54.7 Å². The lowest BCUT2D eigenvalue weighted by Gasteiger charge is -2.12. The van der Waals surface area contributed by atoms with Gasteiger partial charge < -0.3 is 8.83 Å². The number of para-hydroxylation sites is 3. The molecule has 0 atom stereocenters. The molecule has 0 bridgehead atoms. The van der Waals surface area contributed by atoms with Gasteiger partial charge in [0.05, 0.1) is 16.9 Å². The molecule has 0 unspecified atom stereocenters. The third-order valence-electron chi connectivity index (χ3n) is 11.5. The molecule has 280 valence electrons. The first kappa shape index (κ1) is 33.9. The molecule has 4 aromatic heterocycles. The molecule has 5 nitrogen and oxygen atoms in total. The molecule has 0 spiro atoms. The molecular weight excluding hydrogens is 735 g/mol. The molecule has 0 radical (unpaired) electrons. The van der Waals surface area contributed by atoms with Crippen LogP contribution in [0.2, 0.25) is 0 Å². The van der Waals surface area contributed by atoms with Crippen LogP contribution >= 0.6 is 0 Å². The monoisotopic (exact) mass is 767 g/mol. The normalized spacial score (nSPS) is 11.7. The fourth-order valence-corrected chi connectivity index (χ4v) is 8.63. The molecule has 60 heavy (non-hydrogen) atoms. The van der Waals surface area contributed by atoms with Crippen molar-refractivity contribution in [3.8, 4) is 67.4 Å². The quantitative estimate of drug-likeness (QED) is 0.169. The van der Waals surface area contributed by atoms with Crippen molar-refractivity contribution in [3.63, 3.8) is 0 Å². The highest BCUT2D eigenvalue weighted by Gasteiger charge is 2.21. The van der Waals surface area contributed by atoms with Crippen molar-refractivity contribution >= 4 is 54.8 Å². The molecule has 0 fully saturated rings. The van der Waals surface area contributed by atoms with Crippen molar-refractivity contribution in [1.82, 2.24) is 15.0 Å². The summed E-state index contributed by atoms with van der Waals surface area (Å²) in [5.74, 6) is 0.641. The van der Waals surface area contributed by atoms with Crippen molar-refractivity contribution < 1.29 is 8.83 Å². The van der Waals surface area contributed by atoms with Gasteiger partial charge in [-0.2, -0.15) is 0 Å². The van der Waals surface area contributed by atoms with Crippen molar-refractivity contribution in [2.45, 2.75) is 0 Å². The topological polar surface area (TPSA) is 65.0 Å². The summed E-state index contributed by atoms with van der Waals surface area (Å²) in [6.07, 6.45) is 0. The van der Waals surface area contributed by atoms with Crippen LogP contribution < -0.4 is 0 Å². The Hall–Kier alpha value is -8.15. The summed E-state index contributed by atoms with van der Waals surface area (Å²) in [6, 6.07) is 68.9. The number of benzene rings is 8. The summed E-state index contributed by atoms with van der Waals surface area (Å²) in [5, 5.41) is 5.45. The van der Waals surface area contributed by atoms with Crippen LogP contribution in [0.4, 0.5) is 0 Å². The first-order valence-electron chi connectivity index (χ1n) is 20.1. The predicted octanol–water partition coefficient (Wildman–Crippen LogP) is 14.8. The fraction of sp³-hybridized carbons (Fsp3) is 0. The molecule has 8 aromatic carbocycles. The van der Waals surface area contributed by atoms with Gasteiger partial charge >= 0.3 is 0 Å². The molecule has 0 saturated carbocycles. The first-order valence-corrected chi connectivity index (χ1v) is 20.1. The zero-order valence-electron chi connectivity index (χ0n) is 32.2. The molecule has 0 aliphatic rings. The second-order valence-corrected chi connectivity index (χ2v) is 15.1. The van der Waals surface area contributed by atoms with Crippen LogP contribution in [-0.4, -0.2) is 15.0 Å². The second kappa shape index (κ2) is 13.8. The van der Waals surface area contributed by atoms with Gasteiger partial charge in [-0.05, 0) is 41.0 Å². The van der Waals surface area contributed by atoms with Gasteiger partial charge in [0.1, 0.15) is 22.4 Å². The molecule has 0 aliphatic heterocycles. The lowest BCUT2D eigenvalue weighted by atomic mass is 9.95. The van der Waals surface area contributed by atoms with Crippen LogP contribution in [0, 0.1) is 0 Å². The Labute approximate surface area is 344 Å². The number of hydrogen-bond acceptors (Lipinski definition) is 5. The molecule has 12 rings (SSSR count). The van der Waals surface area contributed by atoms with E-state index in [9.17, 15) is 0 Å². The van der Waals surface area contributed by atoms with E-state index in [1.807, 2.05) is 48.5 Å². The molecule has 0 amide bonds. The van der Waals surface area contributed by atoms with Gasteiger partial charge in [0.2, 0.25) is 0 Å². The number of fused-ring (bicyclic) bond motifs is 8. The van der Waals surface area contributed by atoms with Gasteiger partial charge in [-0.3, -0.25) is 0 Å². The van der Waals surface area contributed by atoms with Crippen molar-refractivity contribution in [2.24, 2.45) is 0 Å². The van der Waals surface area contributed by atoms with Crippen molar-refractivity contribution in [3.05, 3.63) is 200 Å². The fourth-order valence-electron chi connectivity index (χ4n) is 8.63. The molecule has 4 heterocycles. The number of rotatable bonds is 6. The van der Waals surface area contributed by atoms with Gasteiger partial charge in [0.15, 0.2) is 11.4 Å². The Kier molecular flexibility index (Phi) is 7.78. The van der Waals surface area contributed by atoms with E-state index in [0.717, 1.165) is 116 Å². The minimum absolute atomic E-state index is 0.641. The second-order valence-electron chi connectivity index (χ2n) is 15.1. The standard InChI is InChI=1S/C55H33N3O2/c1-3-13-34(14-4-1)40-19-12-22-45-50(40)51-44-18-8-10-24-49(44)60-54(51)52(56-45)38-29-31-39(32-30-38)55-57-46(36-15-5-2-6-16-36)33-47(58-55)37-27-25-35(26-28-37)41-20-11-21-43-42-17-7-9-23-48(42)59-53(41)43/h1-33H. The molecular formula is C55H33N3O2. The summed E-state index contributed by atoms with van der Waals surface area (Å²) in [4.78, 5) is 15.6. The highest BCUT2D eigenvalue weighted by Crippen LogP contribution is 2.43. The van der Waals surface area contributed by atoms with Crippen LogP contribution in [-0.2, 0) is 0 Å². The number of pyridine rings is 1. The maximum absolute atomic E-state index is 6.66. The minimum atomic E-state index is 0.641. The molecule has 0 saturated heterocycles. The third kappa shape index (κ3) is 5.59. The molecule has 12 aromatic rings. The van der Waals surface area contributed by atoms with Gasteiger partial charge in [0.25, 0.3) is 0 Å². The Morgan fingerprint density at radius 1 is 0.317 bits per heavy atom. The van der Waals surface area contributed by atoms with E-state index in [4.69, 9.17) is 23.8 Å². The Bertz CT molecular complexity index is 3570. The SMILES string of the molecule is c1ccc(-c2cc(-c3ccc(-c4cccc5c4oc4ccccc45)cc3)nc(-c3ccc(-c4nc5cccc(-c6ccccc6)c5c5c4oc4ccccc45)cc3)n2)cc1. The smallest absolute Gasteiger partial charge is 0.162 e. The maximum Gasteiger partial charge on any atom is 0.162 e. The Morgan fingerprint density at radius 3 is 1.58 bits per heavy atom. The van der Waals surface area contributed by atoms with E-state index in [2.05, 4.69) is 152 Å². The zero-order valence-corrected chi connectivity index (χ0v) is 32.2. The van der Waals surface area contributed by atoms with Crippen molar-refractivity contribution in [2.75, 3.05) is 0 Å². The Balaban J connectivity index is 0.958. The van der Waals surface area contributed by atoms with Crippen molar-refractivity contribution in [1.29, 1.82) is 0 Å². The van der Waals surface area contributed by atoms with E-state index in [1.165, 1.54) is 0 Å². The molecule has 5 heteroatoms. The summed E-state index contributed by atoms with van der Waals surface area (Å²) in [6.45, 7) is 0. The number of hydrogen-bond donors (Lipinski definition) is 0. The van der Waals surface area contributed by atoms with Crippen LogP contribution in [0.25, 0.3) is 122 Å². The highest BCUT2D eigenvalue weighted by molar-refractivity contribution is 6.24. The van der Waals surface area contributed by atoms with E-state index < -0.39 is 0 Å². The maximum atomic E-state index is 6.66. The van der Waals surface area contributed by atoms with E-state index in [0.29, 0.717) is 5.82 Å². The third-order valence-corrected chi connectivity index (χ3v) is 11.5. The van der Waals surface area contributed by atoms with Crippen LogP contribution in [0.5, 0.6) is 0 Å². The van der Waals surface area contributed by atoms with E-state index in [-0.39, 0.29) is 0 Å². The number of aromatic nitrogens is 3. The highest BCUT2D eigenvalue weighted by atomic mass is 16.3. The summed E-state index contributed by atoms with van der Waals surface area (Å²) in [5.41, 5.74) is 15.1. The molecule has 0 aliphatic carbocycles. The van der Waals surface area contributed by atoms with Crippen LogP contribution in [0.15, 0.2) is 209 Å². The lowest BCUT2D eigenvalue weighted by molar-refractivity contribution is 0.668. The zero-order chi connectivity index (χ0) is 39.6. The first-order chi connectivity index (χ1) is 29.7. The molecule has 0 N–H and O–H groups in total. The predicted molar refractivity (Wildman–Crippen MR) is 245 cm³/mol. The summed E-state index contributed by atoms with van der Waals surface area (Å²) >= 11 is 0. The lowest BCUT2D eigenvalue weighted by Crippen LogP contribution is -1.96. The summed E-state index contributed by atoms with van der Waals surface area (Å²) in [7, 11) is 0. The van der Waals surface area contributed by atoms with E-state index in [1.54, 1.807) is 0 Å². The summed E-state index contributed by atoms with van der Waals surface area (Å²) < 4.78 is 13.0. The van der Waals surface area contributed by atoms with Gasteiger partial charge in [-0.15, -0.1) is 0 Å². The van der Waals surface area contributed by atoms with Gasteiger partial charge in [-0.1, -0.05) is 176 Å². The van der Waals surface area contributed by atoms with E-state index >= 15 is 0 Å². The van der Waals surface area contributed by atoms with Gasteiger partial charge in [-0.25, -0.2) is 15.0 Å². The number of nitrogens with zero attached hydrogens (tertiary/aromatic N) is 3. The average Bonchev–Trinajstić information content (AvgIpc) is 3.91. The van der Waals surface area contributed by atoms with Crippen LogP contribution in [0.1, 0.15) is 0 Å². The largest absolute Gasteiger partial charge is 0.455 e. The number of furan rings is 2. The van der Waals surface area contributed by atoms with Crippen LogP contribution in [0.3, 0.4) is 0 Å².